The van der Waals surface area contributed by atoms with Gasteiger partial charge in [0.25, 0.3) is 5.91 Å². The van der Waals surface area contributed by atoms with Gasteiger partial charge in [0.15, 0.2) is 0 Å². The van der Waals surface area contributed by atoms with Crippen molar-refractivity contribution >= 4 is 11.6 Å². The quantitative estimate of drug-likeness (QED) is 0.922. The standard InChI is InChI=1S/C14H16N4O2/c1-10-5-8-20-13(10)14(19)16-11-3-2-4-12(9-11)18-7-6-15-17-18/h2-4,6-7,9-10,13H,5,8H2,1H3,(H,16,19)/t10-,13-/m0/s1. The first-order valence-electron chi connectivity index (χ1n) is 6.63. The molecule has 0 saturated carbocycles. The molecule has 104 valence electrons. The van der Waals surface area contributed by atoms with Crippen molar-refractivity contribution < 1.29 is 9.53 Å². The zero-order chi connectivity index (χ0) is 13.9. The molecular weight excluding hydrogens is 256 g/mol. The molecule has 1 amide bonds. The average Bonchev–Trinajstić information content (AvgIpc) is 3.09. The summed E-state index contributed by atoms with van der Waals surface area (Å²) in [6.45, 7) is 2.68. The molecule has 2 heterocycles. The number of nitrogens with zero attached hydrogens (tertiary/aromatic N) is 3. The maximum atomic E-state index is 12.2. The maximum Gasteiger partial charge on any atom is 0.253 e. The van der Waals surface area contributed by atoms with Crippen LogP contribution in [0.4, 0.5) is 5.69 Å². The lowest BCUT2D eigenvalue weighted by Crippen LogP contribution is -2.31. The Labute approximate surface area is 116 Å². The fourth-order valence-electron chi connectivity index (χ4n) is 2.32. The van der Waals surface area contributed by atoms with Crippen molar-refractivity contribution in [1.82, 2.24) is 15.0 Å². The molecule has 0 unspecified atom stereocenters. The first-order chi connectivity index (χ1) is 9.74. The normalized spacial score (nSPS) is 21.9. The van der Waals surface area contributed by atoms with Gasteiger partial charge >= 0.3 is 0 Å². The molecule has 3 rings (SSSR count). The Morgan fingerprint density at radius 2 is 2.40 bits per heavy atom. The van der Waals surface area contributed by atoms with Gasteiger partial charge in [0, 0.05) is 12.3 Å². The molecule has 2 aromatic rings. The molecule has 20 heavy (non-hydrogen) atoms. The molecule has 1 aromatic heterocycles. The van der Waals surface area contributed by atoms with E-state index in [2.05, 4.69) is 15.6 Å². The third-order valence-electron chi connectivity index (χ3n) is 3.45. The van der Waals surface area contributed by atoms with Crippen LogP contribution in [-0.4, -0.2) is 33.6 Å². The number of hydrogen-bond donors (Lipinski definition) is 1. The summed E-state index contributed by atoms with van der Waals surface area (Å²) in [5, 5.41) is 10.6. The van der Waals surface area contributed by atoms with E-state index in [1.54, 1.807) is 17.1 Å². The zero-order valence-electron chi connectivity index (χ0n) is 11.2. The van der Waals surface area contributed by atoms with Crippen LogP contribution in [0.5, 0.6) is 0 Å². The molecule has 0 bridgehead atoms. The molecule has 1 aromatic carbocycles. The summed E-state index contributed by atoms with van der Waals surface area (Å²) in [5.41, 5.74) is 1.58. The van der Waals surface area contributed by atoms with E-state index in [4.69, 9.17) is 4.74 Å². The van der Waals surface area contributed by atoms with Gasteiger partial charge in [-0.1, -0.05) is 18.2 Å². The van der Waals surface area contributed by atoms with Gasteiger partial charge in [-0.2, -0.15) is 0 Å². The number of rotatable bonds is 3. The van der Waals surface area contributed by atoms with Crippen LogP contribution in [0.15, 0.2) is 36.7 Å². The minimum atomic E-state index is -0.356. The Morgan fingerprint density at radius 1 is 1.50 bits per heavy atom. The van der Waals surface area contributed by atoms with Crippen LogP contribution in [0, 0.1) is 5.92 Å². The predicted molar refractivity (Wildman–Crippen MR) is 73.5 cm³/mol. The molecule has 0 spiro atoms. The van der Waals surface area contributed by atoms with Crippen molar-refractivity contribution in [3.63, 3.8) is 0 Å². The van der Waals surface area contributed by atoms with Gasteiger partial charge in [-0.15, -0.1) is 5.10 Å². The highest BCUT2D eigenvalue weighted by Crippen LogP contribution is 2.22. The number of ether oxygens (including phenoxy) is 1. The number of carbonyl (C=O) groups excluding carboxylic acids is 1. The molecule has 1 N–H and O–H groups in total. The number of hydrogen-bond acceptors (Lipinski definition) is 4. The molecule has 1 fully saturated rings. The fourth-order valence-corrected chi connectivity index (χ4v) is 2.32. The molecule has 1 saturated heterocycles. The van der Waals surface area contributed by atoms with E-state index in [0.717, 1.165) is 17.8 Å². The van der Waals surface area contributed by atoms with Crippen molar-refractivity contribution in [2.24, 2.45) is 5.92 Å². The number of anilines is 1. The Balaban J connectivity index is 1.74. The predicted octanol–water partition coefficient (Wildman–Crippen LogP) is 1.63. The van der Waals surface area contributed by atoms with Crippen molar-refractivity contribution in [1.29, 1.82) is 0 Å². The van der Waals surface area contributed by atoms with E-state index in [-0.39, 0.29) is 17.9 Å². The summed E-state index contributed by atoms with van der Waals surface area (Å²) < 4.78 is 7.11. The highest BCUT2D eigenvalue weighted by atomic mass is 16.5. The minimum Gasteiger partial charge on any atom is -0.368 e. The molecule has 6 heteroatoms. The Morgan fingerprint density at radius 3 is 3.10 bits per heavy atom. The Bertz CT molecular complexity index is 597. The first kappa shape index (κ1) is 12.8. The van der Waals surface area contributed by atoms with Crippen LogP contribution in [0.25, 0.3) is 5.69 Å². The SMILES string of the molecule is C[C@H]1CCO[C@@H]1C(=O)Nc1cccc(-n2ccnn2)c1. The van der Waals surface area contributed by atoms with E-state index >= 15 is 0 Å². The third kappa shape index (κ3) is 2.55. The lowest BCUT2D eigenvalue weighted by molar-refractivity contribution is -0.126. The summed E-state index contributed by atoms with van der Waals surface area (Å²) in [7, 11) is 0. The van der Waals surface area contributed by atoms with Gasteiger partial charge in [-0.25, -0.2) is 4.68 Å². The summed E-state index contributed by atoms with van der Waals surface area (Å²) >= 11 is 0. The summed E-state index contributed by atoms with van der Waals surface area (Å²) in [6, 6.07) is 7.47. The van der Waals surface area contributed by atoms with Gasteiger partial charge in [0.2, 0.25) is 0 Å². The van der Waals surface area contributed by atoms with Crippen LogP contribution in [-0.2, 0) is 9.53 Å². The second-order valence-corrected chi connectivity index (χ2v) is 4.94. The van der Waals surface area contributed by atoms with Gasteiger partial charge < -0.3 is 10.1 Å². The minimum absolute atomic E-state index is 0.0919. The first-order valence-corrected chi connectivity index (χ1v) is 6.63. The lowest BCUT2D eigenvalue weighted by atomic mass is 10.0. The average molecular weight is 272 g/mol. The van der Waals surface area contributed by atoms with Crippen molar-refractivity contribution in [3.8, 4) is 5.69 Å². The number of benzene rings is 1. The number of amides is 1. The Hall–Kier alpha value is -2.21. The van der Waals surface area contributed by atoms with Crippen molar-refractivity contribution in [2.45, 2.75) is 19.4 Å². The smallest absolute Gasteiger partial charge is 0.253 e. The van der Waals surface area contributed by atoms with Crippen LogP contribution < -0.4 is 5.32 Å². The topological polar surface area (TPSA) is 69.0 Å². The van der Waals surface area contributed by atoms with Gasteiger partial charge in [-0.05, 0) is 30.5 Å². The van der Waals surface area contributed by atoms with Crippen LogP contribution >= 0.6 is 0 Å². The summed E-state index contributed by atoms with van der Waals surface area (Å²) in [4.78, 5) is 12.2. The van der Waals surface area contributed by atoms with Gasteiger partial charge in [-0.3, -0.25) is 4.79 Å². The van der Waals surface area contributed by atoms with Crippen LogP contribution in [0.3, 0.4) is 0 Å². The van der Waals surface area contributed by atoms with E-state index < -0.39 is 0 Å². The summed E-state index contributed by atoms with van der Waals surface area (Å²) in [6.07, 6.45) is 3.93. The number of carbonyl (C=O) groups is 1. The maximum absolute atomic E-state index is 12.2. The number of nitrogens with one attached hydrogen (secondary N) is 1. The molecule has 1 aliphatic heterocycles. The van der Waals surface area contributed by atoms with Crippen molar-refractivity contribution in [3.05, 3.63) is 36.7 Å². The van der Waals surface area contributed by atoms with Crippen molar-refractivity contribution in [2.75, 3.05) is 11.9 Å². The van der Waals surface area contributed by atoms with E-state index in [1.807, 2.05) is 31.2 Å². The Kier molecular flexibility index (Phi) is 3.47. The molecule has 0 aliphatic carbocycles. The van der Waals surface area contributed by atoms with Gasteiger partial charge in [0.05, 0.1) is 18.1 Å². The fraction of sp³-hybridized carbons (Fsp3) is 0.357. The summed E-state index contributed by atoms with van der Waals surface area (Å²) in [5.74, 6) is 0.166. The molecule has 0 radical (unpaired) electrons. The second-order valence-electron chi connectivity index (χ2n) is 4.94. The molecule has 6 nitrogen and oxygen atoms in total. The largest absolute Gasteiger partial charge is 0.368 e. The van der Waals surface area contributed by atoms with E-state index in [0.29, 0.717) is 6.61 Å². The molecule has 1 aliphatic rings. The zero-order valence-corrected chi connectivity index (χ0v) is 11.2. The number of aromatic nitrogens is 3. The highest BCUT2D eigenvalue weighted by Gasteiger charge is 2.30. The van der Waals surface area contributed by atoms with Crippen LogP contribution in [0.1, 0.15) is 13.3 Å². The molecule has 2 atom stereocenters. The second kappa shape index (κ2) is 5.42. The highest BCUT2D eigenvalue weighted by molar-refractivity contribution is 5.94. The third-order valence-corrected chi connectivity index (χ3v) is 3.45. The lowest BCUT2D eigenvalue weighted by Gasteiger charge is -2.14. The van der Waals surface area contributed by atoms with E-state index in [9.17, 15) is 4.79 Å². The van der Waals surface area contributed by atoms with Crippen LogP contribution in [0.2, 0.25) is 0 Å². The van der Waals surface area contributed by atoms with E-state index in [1.165, 1.54) is 0 Å². The molecular formula is C14H16N4O2. The monoisotopic (exact) mass is 272 g/mol. The van der Waals surface area contributed by atoms with Gasteiger partial charge in [0.1, 0.15) is 6.10 Å².